The highest BCUT2D eigenvalue weighted by Gasteiger charge is 2.14. The largest absolute Gasteiger partial charge is 0.346 e. The number of benzene rings is 4. The Bertz CT molecular complexity index is 1500. The van der Waals surface area contributed by atoms with Gasteiger partial charge in [0.15, 0.2) is 0 Å². The van der Waals surface area contributed by atoms with Crippen LogP contribution in [0, 0.1) is 0 Å². The van der Waals surface area contributed by atoms with E-state index in [0.717, 1.165) is 43.2 Å². The van der Waals surface area contributed by atoms with Crippen molar-refractivity contribution in [3.05, 3.63) is 131 Å². The summed E-state index contributed by atoms with van der Waals surface area (Å²) in [5.74, 6) is -0.581. The van der Waals surface area contributed by atoms with Gasteiger partial charge in [-0.3, -0.25) is 19.2 Å². The molecule has 0 aliphatic rings. The van der Waals surface area contributed by atoms with Gasteiger partial charge in [-0.05, 0) is 74.2 Å². The van der Waals surface area contributed by atoms with Crippen molar-refractivity contribution < 1.29 is 19.2 Å². The normalized spacial score (nSPS) is 12.0. The lowest BCUT2D eigenvalue weighted by Gasteiger charge is -2.15. The minimum atomic E-state index is -0.198. The monoisotopic (exact) mass is 632 g/mol. The van der Waals surface area contributed by atoms with Crippen molar-refractivity contribution in [2.75, 3.05) is 10.6 Å². The third-order valence-corrected chi connectivity index (χ3v) is 7.92. The molecule has 4 aromatic rings. The molecule has 0 bridgehead atoms. The van der Waals surface area contributed by atoms with Crippen molar-refractivity contribution >= 4 is 35.0 Å². The van der Waals surface area contributed by atoms with Crippen molar-refractivity contribution in [2.24, 2.45) is 0 Å². The predicted octanol–water partition coefficient (Wildman–Crippen LogP) is 7.98. The molecule has 47 heavy (non-hydrogen) atoms. The molecular weight excluding hydrogens is 588 g/mol. The van der Waals surface area contributed by atoms with Gasteiger partial charge in [0.2, 0.25) is 11.8 Å². The highest BCUT2D eigenvalue weighted by atomic mass is 16.2. The van der Waals surface area contributed by atoms with Gasteiger partial charge >= 0.3 is 0 Å². The molecule has 4 N–H and O–H groups in total. The van der Waals surface area contributed by atoms with Crippen LogP contribution >= 0.6 is 0 Å². The van der Waals surface area contributed by atoms with Crippen LogP contribution in [0.4, 0.5) is 11.4 Å². The summed E-state index contributed by atoms with van der Waals surface area (Å²) in [7, 11) is 0. The van der Waals surface area contributed by atoms with Crippen molar-refractivity contribution in [3.63, 3.8) is 0 Å². The van der Waals surface area contributed by atoms with Crippen LogP contribution in [0.2, 0.25) is 0 Å². The van der Waals surface area contributed by atoms with E-state index >= 15 is 0 Å². The van der Waals surface area contributed by atoms with E-state index in [-0.39, 0.29) is 35.7 Å². The van der Waals surface area contributed by atoms with Gasteiger partial charge in [-0.15, -0.1) is 0 Å². The van der Waals surface area contributed by atoms with E-state index in [1.54, 1.807) is 48.5 Å². The van der Waals surface area contributed by atoms with Gasteiger partial charge in [0, 0.05) is 35.3 Å². The number of amides is 4. The summed E-state index contributed by atoms with van der Waals surface area (Å²) in [6.45, 7) is 3.87. The van der Waals surface area contributed by atoms with E-state index in [2.05, 4.69) is 21.3 Å². The minimum absolute atomic E-state index is 0.0926. The maximum Gasteiger partial charge on any atom is 0.251 e. The van der Waals surface area contributed by atoms with Crippen molar-refractivity contribution in [3.8, 4) is 0 Å². The molecule has 4 rings (SSSR count). The molecule has 0 heterocycles. The molecule has 2 unspecified atom stereocenters. The fraction of sp³-hybridized carbons (Fsp3) is 0.282. The summed E-state index contributed by atoms with van der Waals surface area (Å²) in [5.41, 5.74) is 4.20. The lowest BCUT2D eigenvalue weighted by molar-refractivity contribution is -0.117. The topological polar surface area (TPSA) is 116 Å². The average Bonchev–Trinajstić information content (AvgIpc) is 3.08. The van der Waals surface area contributed by atoms with E-state index in [9.17, 15) is 19.2 Å². The molecule has 2 atom stereocenters. The number of unbranched alkanes of at least 4 members (excludes halogenated alkanes) is 4. The Labute approximate surface area is 277 Å². The third-order valence-electron chi connectivity index (χ3n) is 7.92. The second-order valence-corrected chi connectivity index (χ2v) is 11.7. The fourth-order valence-electron chi connectivity index (χ4n) is 5.23. The van der Waals surface area contributed by atoms with Crippen molar-refractivity contribution in [1.29, 1.82) is 0 Å². The molecule has 8 nitrogen and oxygen atoms in total. The van der Waals surface area contributed by atoms with Crippen molar-refractivity contribution in [1.82, 2.24) is 10.6 Å². The van der Waals surface area contributed by atoms with Crippen LogP contribution in [0.3, 0.4) is 0 Å². The number of carbonyl (C=O) groups is 4. The van der Waals surface area contributed by atoms with E-state index in [0.29, 0.717) is 35.3 Å². The number of hydrogen-bond donors (Lipinski definition) is 4. The fourth-order valence-corrected chi connectivity index (χ4v) is 5.23. The zero-order chi connectivity index (χ0) is 33.4. The average molecular weight is 633 g/mol. The molecule has 4 amide bonds. The first-order valence-electron chi connectivity index (χ1n) is 16.3. The Morgan fingerprint density at radius 3 is 1.28 bits per heavy atom. The molecule has 0 radical (unpaired) electrons. The number of anilines is 2. The maximum absolute atomic E-state index is 12.7. The van der Waals surface area contributed by atoms with E-state index in [1.165, 1.54) is 0 Å². The molecule has 0 saturated carbocycles. The van der Waals surface area contributed by atoms with Crippen LogP contribution in [0.1, 0.15) is 103 Å². The number of carbonyl (C=O) groups excluding carboxylic acids is 4. The van der Waals surface area contributed by atoms with Crippen LogP contribution in [0.25, 0.3) is 0 Å². The van der Waals surface area contributed by atoms with E-state index in [1.807, 2.05) is 74.5 Å². The van der Waals surface area contributed by atoms with E-state index < -0.39 is 0 Å². The second-order valence-electron chi connectivity index (χ2n) is 11.7. The summed E-state index contributed by atoms with van der Waals surface area (Å²) in [5, 5.41) is 11.8. The Balaban J connectivity index is 1.09. The van der Waals surface area contributed by atoms with Gasteiger partial charge in [0.25, 0.3) is 11.8 Å². The van der Waals surface area contributed by atoms with Gasteiger partial charge in [0.05, 0.1) is 12.1 Å². The quantitative estimate of drug-likeness (QED) is 0.0938. The molecule has 0 fully saturated rings. The first kappa shape index (κ1) is 34.6. The first-order valence-corrected chi connectivity index (χ1v) is 16.3. The first-order chi connectivity index (χ1) is 22.8. The van der Waals surface area contributed by atoms with Crippen LogP contribution in [0.5, 0.6) is 0 Å². The predicted molar refractivity (Wildman–Crippen MR) is 187 cm³/mol. The number of hydrogen-bond acceptors (Lipinski definition) is 4. The molecule has 0 aliphatic carbocycles. The molecule has 0 spiro atoms. The van der Waals surface area contributed by atoms with Crippen LogP contribution < -0.4 is 21.3 Å². The molecule has 0 aliphatic heterocycles. The Morgan fingerprint density at radius 2 is 0.872 bits per heavy atom. The van der Waals surface area contributed by atoms with Gasteiger partial charge in [-0.1, -0.05) is 92.1 Å². The summed E-state index contributed by atoms with van der Waals surface area (Å²) in [6.07, 6.45) is 4.94. The number of nitrogens with one attached hydrogen (secondary N) is 4. The highest BCUT2D eigenvalue weighted by Crippen LogP contribution is 2.18. The van der Waals surface area contributed by atoms with Gasteiger partial charge in [0.1, 0.15) is 0 Å². The standard InChI is InChI=1S/C39H44N4O4/c1-28(30-16-8-6-9-17-30)40-38(46)32-20-14-22-34(26-32)42-36(44)24-12-4-3-5-13-25-37(45)43-35-23-15-21-33(27-35)39(47)41-29(2)31-18-10-7-11-19-31/h6-11,14-23,26-29H,3-5,12-13,24-25H2,1-2H3,(H,40,46)(H,41,47)(H,42,44)(H,43,45). The summed E-state index contributed by atoms with van der Waals surface area (Å²) >= 11 is 0. The molecule has 4 aromatic carbocycles. The van der Waals surface area contributed by atoms with Crippen molar-refractivity contribution in [2.45, 2.75) is 70.9 Å². The Kier molecular flexibility index (Phi) is 13.3. The molecule has 0 aromatic heterocycles. The Morgan fingerprint density at radius 1 is 0.489 bits per heavy atom. The van der Waals surface area contributed by atoms with Gasteiger partial charge in [-0.25, -0.2) is 0 Å². The highest BCUT2D eigenvalue weighted by molar-refractivity contribution is 5.98. The van der Waals surface area contributed by atoms with Gasteiger partial charge < -0.3 is 21.3 Å². The summed E-state index contributed by atoms with van der Waals surface area (Å²) < 4.78 is 0. The summed E-state index contributed by atoms with van der Waals surface area (Å²) in [4.78, 5) is 50.5. The Hall–Kier alpha value is -5.24. The van der Waals surface area contributed by atoms with Crippen LogP contribution in [-0.4, -0.2) is 23.6 Å². The van der Waals surface area contributed by atoms with E-state index in [4.69, 9.17) is 0 Å². The summed E-state index contributed by atoms with van der Waals surface area (Å²) in [6, 6.07) is 33.1. The molecular formula is C39H44N4O4. The minimum Gasteiger partial charge on any atom is -0.346 e. The van der Waals surface area contributed by atoms with Crippen LogP contribution in [0.15, 0.2) is 109 Å². The molecule has 0 saturated heterocycles. The third kappa shape index (κ3) is 11.6. The molecule has 8 heteroatoms. The lowest BCUT2D eigenvalue weighted by atomic mass is 10.1. The number of rotatable bonds is 16. The zero-order valence-electron chi connectivity index (χ0n) is 27.1. The van der Waals surface area contributed by atoms with Gasteiger partial charge in [-0.2, -0.15) is 0 Å². The molecule has 244 valence electrons. The maximum atomic E-state index is 12.7. The second kappa shape index (κ2) is 18.0. The lowest BCUT2D eigenvalue weighted by Crippen LogP contribution is -2.26. The SMILES string of the molecule is CC(NC(=O)c1cccc(NC(=O)CCCCCCCC(=O)Nc2cccc(C(=O)NC(C)c3ccccc3)c2)c1)c1ccccc1. The van der Waals surface area contributed by atoms with Crippen LogP contribution in [-0.2, 0) is 9.59 Å². The zero-order valence-corrected chi connectivity index (χ0v) is 27.1. The smallest absolute Gasteiger partial charge is 0.251 e.